The molecule has 1 aliphatic heterocycles. The summed E-state index contributed by atoms with van der Waals surface area (Å²) in [6.45, 7) is 4.89. The van der Waals surface area contributed by atoms with Crippen molar-refractivity contribution in [1.29, 1.82) is 0 Å². The predicted octanol–water partition coefficient (Wildman–Crippen LogP) is 2.89. The Morgan fingerprint density at radius 2 is 2.14 bits per heavy atom. The molecule has 0 aliphatic carbocycles. The van der Waals surface area contributed by atoms with Gasteiger partial charge in [-0.3, -0.25) is 4.79 Å². The number of carbonyl (C=O) groups is 1. The number of rotatable bonds is 4. The fourth-order valence-electron chi connectivity index (χ4n) is 2.56. The number of carbonyl (C=O) groups excluding carboxylic acids is 1. The molecule has 114 valence electrons. The van der Waals surface area contributed by atoms with Crippen LogP contribution in [0.25, 0.3) is 0 Å². The highest BCUT2D eigenvalue weighted by atomic mass is 16.2. The minimum Gasteiger partial charge on any atom is -0.366 e. The fraction of sp³-hybridized carbons (Fsp3) is 0.353. The largest absolute Gasteiger partial charge is 0.366 e. The molecule has 1 aromatic heterocycles. The van der Waals surface area contributed by atoms with E-state index in [1.165, 1.54) is 5.56 Å². The third-order valence-corrected chi connectivity index (χ3v) is 4.01. The quantitative estimate of drug-likeness (QED) is 0.942. The van der Waals surface area contributed by atoms with Gasteiger partial charge >= 0.3 is 0 Å². The highest BCUT2D eigenvalue weighted by Gasteiger charge is 2.26. The van der Waals surface area contributed by atoms with Crippen LogP contribution in [0.2, 0.25) is 0 Å². The zero-order valence-corrected chi connectivity index (χ0v) is 12.9. The maximum atomic E-state index is 12.6. The second kappa shape index (κ2) is 6.13. The van der Waals surface area contributed by atoms with Crippen LogP contribution < -0.4 is 10.2 Å². The summed E-state index contributed by atoms with van der Waals surface area (Å²) in [6.07, 6.45) is 5.07. The van der Waals surface area contributed by atoms with Gasteiger partial charge in [0.2, 0.25) is 0 Å². The van der Waals surface area contributed by atoms with Crippen molar-refractivity contribution in [2.75, 3.05) is 16.8 Å². The zero-order chi connectivity index (χ0) is 15.5. The van der Waals surface area contributed by atoms with E-state index in [-0.39, 0.29) is 5.91 Å². The lowest BCUT2D eigenvalue weighted by Gasteiger charge is -2.17. The zero-order valence-electron chi connectivity index (χ0n) is 12.9. The number of fused-ring (bicyclic) bond motifs is 1. The van der Waals surface area contributed by atoms with Crippen molar-refractivity contribution < 1.29 is 4.79 Å². The molecule has 2 heterocycles. The molecule has 1 atom stereocenters. The fourth-order valence-corrected chi connectivity index (χ4v) is 2.56. The van der Waals surface area contributed by atoms with Gasteiger partial charge in [-0.1, -0.05) is 25.1 Å². The maximum Gasteiger partial charge on any atom is 0.278 e. The average molecular weight is 296 g/mol. The molecule has 2 aromatic rings. The SMILES string of the molecule is CCC(C)Nc1cnc(C(=O)N2CCc3ccccc32)cn1. The molecule has 0 fully saturated rings. The second-order valence-corrected chi connectivity index (χ2v) is 5.58. The molecule has 3 rings (SSSR count). The van der Waals surface area contributed by atoms with E-state index in [4.69, 9.17) is 0 Å². The van der Waals surface area contributed by atoms with E-state index in [2.05, 4.69) is 35.2 Å². The molecule has 22 heavy (non-hydrogen) atoms. The summed E-state index contributed by atoms with van der Waals surface area (Å²) in [5.74, 6) is 0.611. The number of benzene rings is 1. The molecule has 0 saturated carbocycles. The van der Waals surface area contributed by atoms with Gasteiger partial charge in [0.1, 0.15) is 11.5 Å². The molecule has 5 heteroatoms. The third-order valence-electron chi connectivity index (χ3n) is 4.01. The summed E-state index contributed by atoms with van der Waals surface area (Å²) < 4.78 is 0. The van der Waals surface area contributed by atoms with Crippen LogP contribution in [0.4, 0.5) is 11.5 Å². The van der Waals surface area contributed by atoms with Crippen molar-refractivity contribution >= 4 is 17.4 Å². The van der Waals surface area contributed by atoms with Gasteiger partial charge in [0.05, 0.1) is 12.4 Å². The van der Waals surface area contributed by atoms with Crippen LogP contribution in [0, 0.1) is 0 Å². The molecule has 1 aliphatic rings. The Morgan fingerprint density at radius 1 is 1.32 bits per heavy atom. The molecule has 1 amide bonds. The first-order chi connectivity index (χ1) is 10.7. The highest BCUT2D eigenvalue weighted by Crippen LogP contribution is 2.28. The number of aromatic nitrogens is 2. The van der Waals surface area contributed by atoms with Gasteiger partial charge in [0.25, 0.3) is 5.91 Å². The number of amides is 1. The van der Waals surface area contributed by atoms with Crippen LogP contribution in [-0.2, 0) is 6.42 Å². The first-order valence-corrected chi connectivity index (χ1v) is 7.67. The Kier molecular flexibility index (Phi) is 4.04. The van der Waals surface area contributed by atoms with Gasteiger partial charge in [-0.15, -0.1) is 0 Å². The Labute approximate surface area is 130 Å². The number of nitrogens with one attached hydrogen (secondary N) is 1. The van der Waals surface area contributed by atoms with Crippen LogP contribution in [-0.4, -0.2) is 28.5 Å². The van der Waals surface area contributed by atoms with Crippen LogP contribution >= 0.6 is 0 Å². The molecule has 1 aromatic carbocycles. The van der Waals surface area contributed by atoms with E-state index in [1.807, 2.05) is 18.2 Å². The number of hydrogen-bond donors (Lipinski definition) is 1. The van der Waals surface area contributed by atoms with Crippen LogP contribution in [0.15, 0.2) is 36.7 Å². The molecule has 1 unspecified atom stereocenters. The molecule has 0 saturated heterocycles. The van der Waals surface area contributed by atoms with Crippen LogP contribution in [0.5, 0.6) is 0 Å². The Bertz CT molecular complexity index is 669. The smallest absolute Gasteiger partial charge is 0.278 e. The Morgan fingerprint density at radius 3 is 2.86 bits per heavy atom. The van der Waals surface area contributed by atoms with Crippen LogP contribution in [0.3, 0.4) is 0 Å². The molecular formula is C17H20N4O. The van der Waals surface area contributed by atoms with E-state index in [0.717, 1.165) is 18.5 Å². The number of anilines is 2. The van der Waals surface area contributed by atoms with E-state index in [1.54, 1.807) is 17.3 Å². The number of para-hydroxylation sites is 1. The molecule has 1 N–H and O–H groups in total. The van der Waals surface area contributed by atoms with Crippen molar-refractivity contribution in [1.82, 2.24) is 9.97 Å². The minimum atomic E-state index is -0.0902. The van der Waals surface area contributed by atoms with Crippen molar-refractivity contribution in [2.24, 2.45) is 0 Å². The maximum absolute atomic E-state index is 12.6. The van der Waals surface area contributed by atoms with Crippen molar-refractivity contribution in [3.05, 3.63) is 47.9 Å². The van der Waals surface area contributed by atoms with Gasteiger partial charge in [-0.25, -0.2) is 9.97 Å². The van der Waals surface area contributed by atoms with Gasteiger partial charge in [-0.2, -0.15) is 0 Å². The summed E-state index contributed by atoms with van der Waals surface area (Å²) in [5.41, 5.74) is 2.57. The highest BCUT2D eigenvalue weighted by molar-refractivity contribution is 6.05. The second-order valence-electron chi connectivity index (χ2n) is 5.58. The molecule has 5 nitrogen and oxygen atoms in total. The summed E-state index contributed by atoms with van der Waals surface area (Å²) in [7, 11) is 0. The molecule has 0 radical (unpaired) electrons. The topological polar surface area (TPSA) is 58.1 Å². The lowest BCUT2D eigenvalue weighted by molar-refractivity contribution is 0.0984. The van der Waals surface area contributed by atoms with Gasteiger partial charge in [0.15, 0.2) is 0 Å². The first kappa shape index (κ1) is 14.5. The predicted molar refractivity (Wildman–Crippen MR) is 87.2 cm³/mol. The third kappa shape index (κ3) is 2.79. The average Bonchev–Trinajstić information content (AvgIpc) is 2.99. The van der Waals surface area contributed by atoms with Crippen LogP contribution in [0.1, 0.15) is 36.3 Å². The van der Waals surface area contributed by atoms with Crippen molar-refractivity contribution in [3.8, 4) is 0 Å². The van der Waals surface area contributed by atoms with Gasteiger partial charge in [-0.05, 0) is 31.4 Å². The summed E-state index contributed by atoms with van der Waals surface area (Å²) >= 11 is 0. The molecule has 0 bridgehead atoms. The molecule has 0 spiro atoms. The monoisotopic (exact) mass is 296 g/mol. The van der Waals surface area contributed by atoms with Gasteiger partial charge in [0, 0.05) is 18.3 Å². The van der Waals surface area contributed by atoms with E-state index in [9.17, 15) is 4.79 Å². The standard InChI is InChI=1S/C17H20N4O/c1-3-12(2)20-16-11-18-14(10-19-16)17(22)21-9-8-13-6-4-5-7-15(13)21/h4-7,10-12H,3,8-9H2,1-2H3,(H,19,20). The normalized spacial score (nSPS) is 14.5. The minimum absolute atomic E-state index is 0.0902. The lowest BCUT2D eigenvalue weighted by atomic mass is 10.2. The first-order valence-electron chi connectivity index (χ1n) is 7.67. The van der Waals surface area contributed by atoms with Gasteiger partial charge < -0.3 is 10.2 Å². The molecular weight excluding hydrogens is 276 g/mol. The van der Waals surface area contributed by atoms with E-state index in [0.29, 0.717) is 24.1 Å². The Balaban J connectivity index is 1.76. The number of nitrogens with zero attached hydrogens (tertiary/aromatic N) is 3. The van der Waals surface area contributed by atoms with E-state index < -0.39 is 0 Å². The van der Waals surface area contributed by atoms with Crippen molar-refractivity contribution in [2.45, 2.75) is 32.7 Å². The lowest BCUT2D eigenvalue weighted by Crippen LogP contribution is -2.29. The summed E-state index contributed by atoms with van der Waals surface area (Å²) in [6, 6.07) is 8.33. The summed E-state index contributed by atoms with van der Waals surface area (Å²) in [5, 5.41) is 3.24. The van der Waals surface area contributed by atoms with Crippen molar-refractivity contribution in [3.63, 3.8) is 0 Å². The van der Waals surface area contributed by atoms with E-state index >= 15 is 0 Å². The number of hydrogen-bond acceptors (Lipinski definition) is 4. The Hall–Kier alpha value is -2.43. The summed E-state index contributed by atoms with van der Waals surface area (Å²) in [4.78, 5) is 22.9.